The van der Waals surface area contributed by atoms with E-state index in [0.717, 1.165) is 13.0 Å². The largest absolute Gasteiger partial charge is 0.329 e. The Morgan fingerprint density at radius 1 is 1.62 bits per heavy atom. The molecule has 0 aromatic carbocycles. The molecule has 2 N–H and O–H groups in total. The van der Waals surface area contributed by atoms with Crippen molar-refractivity contribution in [1.82, 2.24) is 14.5 Å². The van der Waals surface area contributed by atoms with Gasteiger partial charge in [-0.1, -0.05) is 0 Å². The van der Waals surface area contributed by atoms with Crippen molar-refractivity contribution in [3.8, 4) is 0 Å². The van der Waals surface area contributed by atoms with Crippen molar-refractivity contribution in [1.29, 1.82) is 0 Å². The number of likely N-dealkylation sites (tertiary alicyclic amines) is 1. The molecule has 1 amide bonds. The van der Waals surface area contributed by atoms with Gasteiger partial charge in [0.2, 0.25) is 0 Å². The Kier molecular flexibility index (Phi) is 2.02. The number of rotatable bonds is 0. The van der Waals surface area contributed by atoms with E-state index in [0.29, 0.717) is 6.54 Å². The highest BCUT2D eigenvalue weighted by Crippen LogP contribution is 2.08. The van der Waals surface area contributed by atoms with Crippen molar-refractivity contribution >= 4 is 6.03 Å². The fourth-order valence-electron chi connectivity index (χ4n) is 1.50. The first-order chi connectivity index (χ1) is 6.27. The minimum absolute atomic E-state index is 0.0366. The number of nitrogens with two attached hydrogens (primary N) is 1. The van der Waals surface area contributed by atoms with Gasteiger partial charge in [0.15, 0.2) is 0 Å². The van der Waals surface area contributed by atoms with Crippen LogP contribution in [-0.2, 0) is 0 Å². The zero-order valence-electron chi connectivity index (χ0n) is 7.26. The fourth-order valence-corrected chi connectivity index (χ4v) is 1.50. The number of nitrogens with zero attached hydrogens (tertiary/aromatic N) is 3. The van der Waals surface area contributed by atoms with Gasteiger partial charge in [0.05, 0.1) is 0 Å². The molecule has 1 unspecified atom stereocenters. The minimum Gasteiger partial charge on any atom is -0.326 e. The smallest absolute Gasteiger partial charge is 0.326 e. The van der Waals surface area contributed by atoms with Crippen LogP contribution < -0.4 is 5.73 Å². The van der Waals surface area contributed by atoms with Gasteiger partial charge >= 0.3 is 6.03 Å². The quantitative estimate of drug-likeness (QED) is 0.605. The molecule has 13 heavy (non-hydrogen) atoms. The van der Waals surface area contributed by atoms with E-state index in [1.165, 1.54) is 10.9 Å². The van der Waals surface area contributed by atoms with Crippen LogP contribution in [-0.4, -0.2) is 39.6 Å². The van der Waals surface area contributed by atoms with Crippen LogP contribution >= 0.6 is 0 Å². The van der Waals surface area contributed by atoms with Crippen molar-refractivity contribution < 1.29 is 4.79 Å². The zero-order valence-corrected chi connectivity index (χ0v) is 7.26. The van der Waals surface area contributed by atoms with Crippen LogP contribution in [0.15, 0.2) is 18.7 Å². The summed E-state index contributed by atoms with van der Waals surface area (Å²) in [4.78, 5) is 17.2. The van der Waals surface area contributed by atoms with Gasteiger partial charge in [-0.15, -0.1) is 0 Å². The number of carbonyl (C=O) groups excluding carboxylic acids is 1. The van der Waals surface area contributed by atoms with Gasteiger partial charge in [0.25, 0.3) is 0 Å². The van der Waals surface area contributed by atoms with Gasteiger partial charge in [-0.25, -0.2) is 9.78 Å². The Hall–Kier alpha value is -1.36. The van der Waals surface area contributed by atoms with Crippen LogP contribution in [0.4, 0.5) is 4.79 Å². The van der Waals surface area contributed by atoms with Gasteiger partial charge in [-0.2, -0.15) is 0 Å². The second-order valence-electron chi connectivity index (χ2n) is 3.25. The highest BCUT2D eigenvalue weighted by atomic mass is 16.2. The van der Waals surface area contributed by atoms with E-state index in [9.17, 15) is 4.79 Å². The molecule has 0 aliphatic carbocycles. The summed E-state index contributed by atoms with van der Waals surface area (Å²) in [7, 11) is 0. The van der Waals surface area contributed by atoms with Gasteiger partial charge in [0.1, 0.15) is 6.33 Å². The maximum atomic E-state index is 11.6. The van der Waals surface area contributed by atoms with Gasteiger partial charge in [0, 0.05) is 31.5 Å². The lowest BCUT2D eigenvalue weighted by atomic mass is 10.3. The predicted octanol–water partition coefficient (Wildman–Crippen LogP) is -0.116. The Balaban J connectivity index is 2.06. The van der Waals surface area contributed by atoms with Crippen LogP contribution in [0, 0.1) is 0 Å². The summed E-state index contributed by atoms with van der Waals surface area (Å²) in [6.07, 6.45) is 5.63. The summed E-state index contributed by atoms with van der Waals surface area (Å²) in [5, 5.41) is 0. The first-order valence-corrected chi connectivity index (χ1v) is 4.30. The molecule has 1 aliphatic rings. The summed E-state index contributed by atoms with van der Waals surface area (Å²) < 4.78 is 1.47. The third-order valence-electron chi connectivity index (χ3n) is 2.22. The molecule has 5 nitrogen and oxygen atoms in total. The summed E-state index contributed by atoms with van der Waals surface area (Å²) >= 11 is 0. The average Bonchev–Trinajstić information content (AvgIpc) is 2.72. The van der Waals surface area contributed by atoms with Crippen molar-refractivity contribution in [3.05, 3.63) is 18.7 Å². The molecule has 0 spiro atoms. The molecule has 1 fully saturated rings. The molecular formula is C8H12N4O. The van der Waals surface area contributed by atoms with Crippen molar-refractivity contribution in [2.75, 3.05) is 13.1 Å². The molecule has 1 atom stereocenters. The van der Waals surface area contributed by atoms with E-state index in [4.69, 9.17) is 5.73 Å². The Morgan fingerprint density at radius 3 is 3.00 bits per heavy atom. The topological polar surface area (TPSA) is 64.2 Å². The Labute approximate surface area is 76.2 Å². The lowest BCUT2D eigenvalue weighted by Gasteiger charge is -2.15. The standard InChI is InChI=1S/C8H12N4O/c9-7-1-3-11(5-7)8(13)12-4-2-10-6-12/h2,4,6-7H,1,3,5,9H2. The molecular weight excluding hydrogens is 168 g/mol. The van der Waals surface area contributed by atoms with Crippen LogP contribution in [0.2, 0.25) is 0 Å². The third-order valence-corrected chi connectivity index (χ3v) is 2.22. The third kappa shape index (κ3) is 1.55. The second-order valence-corrected chi connectivity index (χ2v) is 3.25. The normalized spacial score (nSPS) is 22.2. The molecule has 0 radical (unpaired) electrons. The van der Waals surface area contributed by atoms with Crippen LogP contribution in [0.5, 0.6) is 0 Å². The van der Waals surface area contributed by atoms with E-state index in [1.54, 1.807) is 17.3 Å². The fraction of sp³-hybridized carbons (Fsp3) is 0.500. The lowest BCUT2D eigenvalue weighted by Crippen LogP contribution is -2.34. The maximum absolute atomic E-state index is 11.6. The first kappa shape index (κ1) is 8.25. The molecule has 1 saturated heterocycles. The van der Waals surface area contributed by atoms with E-state index in [-0.39, 0.29) is 12.1 Å². The number of amides is 1. The highest BCUT2D eigenvalue weighted by Gasteiger charge is 2.24. The molecule has 1 aliphatic heterocycles. The van der Waals surface area contributed by atoms with Crippen molar-refractivity contribution in [2.45, 2.75) is 12.5 Å². The molecule has 0 saturated carbocycles. The monoisotopic (exact) mass is 180 g/mol. The second kappa shape index (κ2) is 3.18. The molecule has 5 heteroatoms. The Bertz CT molecular complexity index is 295. The predicted molar refractivity (Wildman–Crippen MR) is 47.2 cm³/mol. The summed E-state index contributed by atoms with van der Waals surface area (Å²) in [6, 6.07) is 0.0953. The molecule has 2 heterocycles. The van der Waals surface area contributed by atoms with Gasteiger partial charge in [-0.05, 0) is 6.42 Å². The SMILES string of the molecule is NC1CCN(C(=O)n2ccnc2)C1. The summed E-state index contributed by atoms with van der Waals surface area (Å²) in [6.45, 7) is 1.40. The highest BCUT2D eigenvalue weighted by molar-refractivity contribution is 5.76. The Morgan fingerprint density at radius 2 is 2.46 bits per heavy atom. The van der Waals surface area contributed by atoms with E-state index < -0.39 is 0 Å². The van der Waals surface area contributed by atoms with Gasteiger partial charge in [-0.3, -0.25) is 4.57 Å². The molecule has 2 rings (SSSR count). The molecule has 1 aromatic heterocycles. The van der Waals surface area contributed by atoms with Crippen molar-refractivity contribution in [3.63, 3.8) is 0 Å². The average molecular weight is 180 g/mol. The van der Waals surface area contributed by atoms with Crippen LogP contribution in [0.25, 0.3) is 0 Å². The van der Waals surface area contributed by atoms with E-state index in [1.807, 2.05) is 0 Å². The molecule has 1 aromatic rings. The summed E-state index contributed by atoms with van der Waals surface area (Å²) in [5.74, 6) is 0. The molecule has 0 bridgehead atoms. The van der Waals surface area contributed by atoms with E-state index >= 15 is 0 Å². The minimum atomic E-state index is -0.0366. The number of hydrogen-bond acceptors (Lipinski definition) is 3. The molecule has 70 valence electrons. The van der Waals surface area contributed by atoms with Gasteiger partial charge < -0.3 is 10.6 Å². The van der Waals surface area contributed by atoms with Crippen LogP contribution in [0.1, 0.15) is 6.42 Å². The van der Waals surface area contributed by atoms with E-state index in [2.05, 4.69) is 4.98 Å². The number of aromatic nitrogens is 2. The number of hydrogen-bond donors (Lipinski definition) is 1. The maximum Gasteiger partial charge on any atom is 0.329 e. The van der Waals surface area contributed by atoms with Crippen molar-refractivity contribution in [2.24, 2.45) is 5.73 Å². The summed E-state index contributed by atoms with van der Waals surface area (Å²) in [5.41, 5.74) is 5.70. The zero-order chi connectivity index (χ0) is 9.26. The lowest BCUT2D eigenvalue weighted by molar-refractivity contribution is 0.210. The first-order valence-electron chi connectivity index (χ1n) is 4.30. The van der Waals surface area contributed by atoms with Crippen LogP contribution in [0.3, 0.4) is 0 Å². The number of imidazole rings is 1. The number of carbonyl (C=O) groups is 1.